The zero-order valence-corrected chi connectivity index (χ0v) is 9.48. The van der Waals surface area contributed by atoms with E-state index in [4.69, 9.17) is 5.73 Å². The summed E-state index contributed by atoms with van der Waals surface area (Å²) in [5.74, 6) is 0.547. The van der Waals surface area contributed by atoms with Crippen LogP contribution in [0.25, 0.3) is 0 Å². The average molecular weight is 208 g/mol. The van der Waals surface area contributed by atoms with Gasteiger partial charge in [0.1, 0.15) is 0 Å². The molecule has 1 aliphatic rings. The number of hydrogen-bond acceptors (Lipinski definition) is 3. The molecule has 1 aliphatic heterocycles. The lowest BCUT2D eigenvalue weighted by Crippen LogP contribution is -2.42. The van der Waals surface area contributed by atoms with Crippen molar-refractivity contribution in [3.05, 3.63) is 18.0 Å². The molecule has 15 heavy (non-hydrogen) atoms. The Kier molecular flexibility index (Phi) is 3.07. The van der Waals surface area contributed by atoms with Gasteiger partial charge in [0.2, 0.25) is 0 Å². The molecule has 1 saturated heterocycles. The molecular formula is C11H20N4. The molecule has 0 bridgehead atoms. The maximum atomic E-state index is 5.82. The number of nitrogens with two attached hydrogens (primary N) is 1. The van der Waals surface area contributed by atoms with E-state index in [9.17, 15) is 0 Å². The highest BCUT2D eigenvalue weighted by Crippen LogP contribution is 2.30. The van der Waals surface area contributed by atoms with Gasteiger partial charge >= 0.3 is 0 Å². The van der Waals surface area contributed by atoms with Gasteiger partial charge in [0.15, 0.2) is 0 Å². The van der Waals surface area contributed by atoms with Crippen molar-refractivity contribution in [2.45, 2.75) is 31.8 Å². The Bertz CT molecular complexity index is 320. The van der Waals surface area contributed by atoms with Crippen LogP contribution in [0.4, 0.5) is 0 Å². The summed E-state index contributed by atoms with van der Waals surface area (Å²) in [5, 5.41) is 7.84. The summed E-state index contributed by atoms with van der Waals surface area (Å²) in [7, 11) is 1.95. The predicted molar refractivity (Wildman–Crippen MR) is 60.3 cm³/mol. The zero-order chi connectivity index (χ0) is 10.8. The van der Waals surface area contributed by atoms with Crippen LogP contribution in [0.5, 0.6) is 0 Å². The molecule has 1 fully saturated rings. The molecule has 3 unspecified atom stereocenters. The van der Waals surface area contributed by atoms with E-state index in [0.29, 0.717) is 18.0 Å². The molecule has 84 valence electrons. The molecule has 2 heterocycles. The third-order valence-corrected chi connectivity index (χ3v) is 3.29. The van der Waals surface area contributed by atoms with Crippen LogP contribution in [-0.2, 0) is 7.05 Å². The van der Waals surface area contributed by atoms with E-state index in [0.717, 1.165) is 6.54 Å². The van der Waals surface area contributed by atoms with Gasteiger partial charge in [-0.2, -0.15) is 5.10 Å². The number of rotatable bonds is 2. The van der Waals surface area contributed by atoms with E-state index in [2.05, 4.69) is 23.5 Å². The smallest absolute Gasteiger partial charge is 0.0537 e. The van der Waals surface area contributed by atoms with Crippen molar-refractivity contribution < 1.29 is 0 Å². The minimum absolute atomic E-state index is 0.382. The molecule has 3 atom stereocenters. The summed E-state index contributed by atoms with van der Waals surface area (Å²) in [5.41, 5.74) is 7.08. The number of piperidine rings is 1. The number of nitrogens with zero attached hydrogens (tertiary/aromatic N) is 2. The summed E-state index contributed by atoms with van der Waals surface area (Å²) < 4.78 is 1.85. The van der Waals surface area contributed by atoms with Crippen LogP contribution in [0.2, 0.25) is 0 Å². The minimum Gasteiger partial charge on any atom is -0.330 e. The van der Waals surface area contributed by atoms with Gasteiger partial charge in [0, 0.05) is 30.9 Å². The summed E-state index contributed by atoms with van der Waals surface area (Å²) in [4.78, 5) is 0. The van der Waals surface area contributed by atoms with E-state index in [1.54, 1.807) is 0 Å². The quantitative estimate of drug-likeness (QED) is 0.756. The Morgan fingerprint density at radius 1 is 1.60 bits per heavy atom. The number of aryl methyl sites for hydroxylation is 1. The van der Waals surface area contributed by atoms with Crippen LogP contribution in [0.15, 0.2) is 12.4 Å². The molecule has 1 aromatic rings. The molecule has 0 amide bonds. The zero-order valence-electron chi connectivity index (χ0n) is 9.48. The SMILES string of the molecule is CC1CCC(CN)C(c2cnn(C)c2)N1. The lowest BCUT2D eigenvalue weighted by molar-refractivity contribution is 0.246. The Labute approximate surface area is 90.8 Å². The van der Waals surface area contributed by atoms with Crippen molar-refractivity contribution in [1.82, 2.24) is 15.1 Å². The largest absolute Gasteiger partial charge is 0.330 e. The Morgan fingerprint density at radius 3 is 3.00 bits per heavy atom. The van der Waals surface area contributed by atoms with E-state index in [-0.39, 0.29) is 0 Å². The topological polar surface area (TPSA) is 55.9 Å². The van der Waals surface area contributed by atoms with Gasteiger partial charge in [-0.25, -0.2) is 0 Å². The third-order valence-electron chi connectivity index (χ3n) is 3.29. The highest BCUT2D eigenvalue weighted by Gasteiger charge is 2.28. The third kappa shape index (κ3) is 2.21. The molecule has 0 spiro atoms. The second-order valence-corrected chi connectivity index (χ2v) is 4.57. The molecule has 4 heteroatoms. The van der Waals surface area contributed by atoms with Crippen LogP contribution in [0.3, 0.4) is 0 Å². The summed E-state index contributed by atoms with van der Waals surface area (Å²) >= 11 is 0. The van der Waals surface area contributed by atoms with Gasteiger partial charge in [0.05, 0.1) is 6.20 Å². The number of aromatic nitrogens is 2. The monoisotopic (exact) mass is 208 g/mol. The molecule has 2 rings (SSSR count). The van der Waals surface area contributed by atoms with Crippen LogP contribution < -0.4 is 11.1 Å². The molecular weight excluding hydrogens is 188 g/mol. The van der Waals surface area contributed by atoms with Gasteiger partial charge in [-0.3, -0.25) is 4.68 Å². The highest BCUT2D eigenvalue weighted by atomic mass is 15.2. The fraction of sp³-hybridized carbons (Fsp3) is 0.727. The van der Waals surface area contributed by atoms with Crippen LogP contribution in [0, 0.1) is 5.92 Å². The Hall–Kier alpha value is -0.870. The highest BCUT2D eigenvalue weighted by molar-refractivity contribution is 5.13. The van der Waals surface area contributed by atoms with E-state index >= 15 is 0 Å². The second kappa shape index (κ2) is 4.33. The van der Waals surface area contributed by atoms with Gasteiger partial charge in [-0.1, -0.05) is 0 Å². The first kappa shape index (κ1) is 10.6. The Morgan fingerprint density at radius 2 is 2.40 bits per heavy atom. The van der Waals surface area contributed by atoms with E-state index in [1.807, 2.05) is 17.9 Å². The fourth-order valence-electron chi connectivity index (χ4n) is 2.38. The van der Waals surface area contributed by atoms with Crippen molar-refractivity contribution in [2.75, 3.05) is 6.54 Å². The summed E-state index contributed by atoms with van der Waals surface area (Å²) in [6.45, 7) is 2.98. The molecule has 1 aromatic heterocycles. The molecule has 3 N–H and O–H groups in total. The van der Waals surface area contributed by atoms with Gasteiger partial charge < -0.3 is 11.1 Å². The van der Waals surface area contributed by atoms with Crippen molar-refractivity contribution in [3.63, 3.8) is 0 Å². The number of hydrogen-bond donors (Lipinski definition) is 2. The van der Waals surface area contributed by atoms with Crippen molar-refractivity contribution >= 4 is 0 Å². The normalized spacial score (nSPS) is 31.8. The Balaban J connectivity index is 2.16. The van der Waals surface area contributed by atoms with E-state index in [1.165, 1.54) is 18.4 Å². The van der Waals surface area contributed by atoms with Gasteiger partial charge in [-0.15, -0.1) is 0 Å². The second-order valence-electron chi connectivity index (χ2n) is 4.57. The maximum absolute atomic E-state index is 5.82. The molecule has 0 saturated carbocycles. The molecule has 0 radical (unpaired) electrons. The van der Waals surface area contributed by atoms with Crippen molar-refractivity contribution in [3.8, 4) is 0 Å². The molecule has 4 nitrogen and oxygen atoms in total. The molecule has 0 aliphatic carbocycles. The first-order chi connectivity index (χ1) is 7.20. The lowest BCUT2D eigenvalue weighted by Gasteiger charge is -2.35. The lowest BCUT2D eigenvalue weighted by atomic mass is 9.85. The van der Waals surface area contributed by atoms with Gasteiger partial charge in [0.25, 0.3) is 0 Å². The van der Waals surface area contributed by atoms with Crippen LogP contribution in [-0.4, -0.2) is 22.4 Å². The predicted octanol–water partition coefficient (Wildman–Crippen LogP) is 0.808. The van der Waals surface area contributed by atoms with E-state index < -0.39 is 0 Å². The van der Waals surface area contributed by atoms with Crippen LogP contribution >= 0.6 is 0 Å². The minimum atomic E-state index is 0.382. The molecule has 0 aromatic carbocycles. The van der Waals surface area contributed by atoms with Gasteiger partial charge in [-0.05, 0) is 32.2 Å². The fourth-order valence-corrected chi connectivity index (χ4v) is 2.38. The summed E-state index contributed by atoms with van der Waals surface area (Å²) in [6, 6.07) is 0.963. The average Bonchev–Trinajstić information content (AvgIpc) is 2.65. The summed E-state index contributed by atoms with van der Waals surface area (Å²) in [6.07, 6.45) is 6.46. The van der Waals surface area contributed by atoms with Crippen molar-refractivity contribution in [1.29, 1.82) is 0 Å². The van der Waals surface area contributed by atoms with Crippen molar-refractivity contribution in [2.24, 2.45) is 18.7 Å². The first-order valence-corrected chi connectivity index (χ1v) is 5.65. The standard InChI is InChI=1S/C11H20N4/c1-8-3-4-9(5-12)11(14-8)10-6-13-15(2)7-10/h6-9,11,14H,3-5,12H2,1-2H3. The van der Waals surface area contributed by atoms with Crippen LogP contribution in [0.1, 0.15) is 31.4 Å². The maximum Gasteiger partial charge on any atom is 0.0537 e. The number of nitrogens with one attached hydrogen (secondary N) is 1. The first-order valence-electron chi connectivity index (χ1n) is 5.65.